The number of ketones is 1. The number of carbonyl (C=O) groups excluding carboxylic acids is 1. The molecule has 0 saturated heterocycles. The Morgan fingerprint density at radius 1 is 1.62 bits per heavy atom. The van der Waals surface area contributed by atoms with Crippen molar-refractivity contribution in [2.24, 2.45) is 7.05 Å². The molecule has 0 unspecified atom stereocenters. The first-order chi connectivity index (χ1) is 6.27. The Labute approximate surface area is 77.1 Å². The van der Waals surface area contributed by atoms with Crippen LogP contribution in [-0.2, 0) is 7.05 Å². The topological polar surface area (TPSA) is 34.9 Å². The second kappa shape index (κ2) is 3.17. The molecule has 0 aliphatic heterocycles. The third-order valence-corrected chi connectivity index (χ3v) is 2.30. The van der Waals surface area contributed by atoms with Crippen molar-refractivity contribution in [2.75, 3.05) is 0 Å². The Balaban J connectivity index is 2.22. The van der Waals surface area contributed by atoms with Gasteiger partial charge in [-0.3, -0.25) is 9.48 Å². The summed E-state index contributed by atoms with van der Waals surface area (Å²) in [4.78, 5) is 11.7. The van der Waals surface area contributed by atoms with Gasteiger partial charge in [-0.05, 0) is 24.8 Å². The summed E-state index contributed by atoms with van der Waals surface area (Å²) in [6.45, 7) is 0. The van der Waals surface area contributed by atoms with Crippen molar-refractivity contribution in [3.05, 3.63) is 29.6 Å². The number of hydrogen-bond acceptors (Lipinski definition) is 2. The molecule has 1 heterocycles. The minimum atomic E-state index is 0.144. The summed E-state index contributed by atoms with van der Waals surface area (Å²) in [5.41, 5.74) is 1.66. The predicted octanol–water partition coefficient (Wildman–Crippen LogP) is 1.71. The summed E-state index contributed by atoms with van der Waals surface area (Å²) in [6.07, 6.45) is 8.51. The first kappa shape index (κ1) is 8.23. The SMILES string of the molecule is Cn1cc(C(=O)C2=CCCC2)cn1. The summed E-state index contributed by atoms with van der Waals surface area (Å²) >= 11 is 0. The van der Waals surface area contributed by atoms with Crippen LogP contribution < -0.4 is 0 Å². The molecule has 0 fully saturated rings. The normalized spacial score (nSPS) is 15.9. The third-order valence-electron chi connectivity index (χ3n) is 2.30. The van der Waals surface area contributed by atoms with E-state index in [0.29, 0.717) is 5.56 Å². The number of allylic oxidation sites excluding steroid dienone is 2. The van der Waals surface area contributed by atoms with Crippen molar-refractivity contribution in [1.82, 2.24) is 9.78 Å². The van der Waals surface area contributed by atoms with E-state index in [2.05, 4.69) is 5.10 Å². The Kier molecular flexibility index (Phi) is 2.00. The average Bonchev–Trinajstić information content (AvgIpc) is 2.72. The first-order valence-electron chi connectivity index (χ1n) is 4.50. The maximum absolute atomic E-state index is 11.7. The number of aromatic nitrogens is 2. The van der Waals surface area contributed by atoms with Gasteiger partial charge in [0.1, 0.15) is 0 Å². The van der Waals surface area contributed by atoms with Gasteiger partial charge >= 0.3 is 0 Å². The smallest absolute Gasteiger partial charge is 0.191 e. The van der Waals surface area contributed by atoms with Crippen LogP contribution in [0.5, 0.6) is 0 Å². The van der Waals surface area contributed by atoms with Crippen LogP contribution in [0, 0.1) is 0 Å². The Morgan fingerprint density at radius 3 is 3.00 bits per heavy atom. The van der Waals surface area contributed by atoms with Gasteiger partial charge in [-0.15, -0.1) is 0 Å². The number of hydrogen-bond donors (Lipinski definition) is 0. The van der Waals surface area contributed by atoms with Crippen molar-refractivity contribution in [3.63, 3.8) is 0 Å². The van der Waals surface area contributed by atoms with Crippen molar-refractivity contribution in [2.45, 2.75) is 19.3 Å². The molecule has 0 aromatic carbocycles. The van der Waals surface area contributed by atoms with Gasteiger partial charge in [0.2, 0.25) is 0 Å². The van der Waals surface area contributed by atoms with Gasteiger partial charge in [-0.2, -0.15) is 5.10 Å². The molecule has 1 aliphatic rings. The van der Waals surface area contributed by atoms with Crippen LogP contribution in [0.15, 0.2) is 24.0 Å². The molecule has 3 nitrogen and oxygen atoms in total. The van der Waals surface area contributed by atoms with Crippen molar-refractivity contribution < 1.29 is 4.79 Å². The van der Waals surface area contributed by atoms with E-state index in [1.165, 1.54) is 0 Å². The van der Waals surface area contributed by atoms with Crippen LogP contribution >= 0.6 is 0 Å². The fraction of sp³-hybridized carbons (Fsp3) is 0.400. The highest BCUT2D eigenvalue weighted by atomic mass is 16.1. The Hall–Kier alpha value is -1.38. The fourth-order valence-electron chi connectivity index (χ4n) is 1.60. The molecule has 3 heteroatoms. The molecule has 0 spiro atoms. The lowest BCUT2D eigenvalue weighted by molar-refractivity contribution is 0.103. The molecule has 13 heavy (non-hydrogen) atoms. The van der Waals surface area contributed by atoms with E-state index in [1.54, 1.807) is 17.1 Å². The monoisotopic (exact) mass is 176 g/mol. The van der Waals surface area contributed by atoms with Crippen LogP contribution in [0.25, 0.3) is 0 Å². The summed E-state index contributed by atoms with van der Waals surface area (Å²) in [5, 5.41) is 3.98. The standard InChI is InChI=1S/C10H12N2O/c1-12-7-9(6-11-12)10(13)8-4-2-3-5-8/h4,6-7H,2-3,5H2,1H3. The number of rotatable bonds is 2. The maximum Gasteiger partial charge on any atom is 0.191 e. The van der Waals surface area contributed by atoms with Crippen LogP contribution in [0.1, 0.15) is 29.6 Å². The van der Waals surface area contributed by atoms with Crippen LogP contribution in [-0.4, -0.2) is 15.6 Å². The second-order valence-electron chi connectivity index (χ2n) is 3.35. The highest BCUT2D eigenvalue weighted by molar-refractivity contribution is 6.08. The predicted molar refractivity (Wildman–Crippen MR) is 49.5 cm³/mol. The first-order valence-corrected chi connectivity index (χ1v) is 4.50. The second-order valence-corrected chi connectivity index (χ2v) is 3.35. The largest absolute Gasteiger partial charge is 0.289 e. The average molecular weight is 176 g/mol. The van der Waals surface area contributed by atoms with Crippen LogP contribution in [0.2, 0.25) is 0 Å². The van der Waals surface area contributed by atoms with Crippen molar-refractivity contribution in [3.8, 4) is 0 Å². The van der Waals surface area contributed by atoms with Gasteiger partial charge < -0.3 is 0 Å². The Bertz CT molecular complexity index is 363. The fourth-order valence-corrected chi connectivity index (χ4v) is 1.60. The third kappa shape index (κ3) is 1.54. The van der Waals surface area contributed by atoms with Crippen molar-refractivity contribution >= 4 is 5.78 Å². The van der Waals surface area contributed by atoms with E-state index in [9.17, 15) is 4.79 Å². The molecule has 1 aromatic heterocycles. The highest BCUT2D eigenvalue weighted by Gasteiger charge is 2.16. The van der Waals surface area contributed by atoms with Gasteiger partial charge in [-0.1, -0.05) is 6.08 Å². The number of aryl methyl sites for hydroxylation is 1. The molecule has 0 N–H and O–H groups in total. The van der Waals surface area contributed by atoms with E-state index in [4.69, 9.17) is 0 Å². The summed E-state index contributed by atoms with van der Waals surface area (Å²) in [7, 11) is 1.82. The molecule has 1 aromatic rings. The highest BCUT2D eigenvalue weighted by Crippen LogP contribution is 2.21. The van der Waals surface area contributed by atoms with Crippen molar-refractivity contribution in [1.29, 1.82) is 0 Å². The Morgan fingerprint density at radius 2 is 2.46 bits per heavy atom. The zero-order chi connectivity index (χ0) is 9.26. The zero-order valence-electron chi connectivity index (χ0n) is 7.66. The van der Waals surface area contributed by atoms with E-state index in [1.807, 2.05) is 13.1 Å². The van der Waals surface area contributed by atoms with Gasteiger partial charge in [0.05, 0.1) is 11.8 Å². The molecule has 0 saturated carbocycles. The molecule has 0 bridgehead atoms. The molecule has 0 radical (unpaired) electrons. The molecule has 0 amide bonds. The molecule has 2 rings (SSSR count). The quantitative estimate of drug-likeness (QED) is 0.643. The van der Waals surface area contributed by atoms with E-state index >= 15 is 0 Å². The van der Waals surface area contributed by atoms with Crippen LogP contribution in [0.4, 0.5) is 0 Å². The molecular weight excluding hydrogens is 164 g/mol. The molecule has 1 aliphatic carbocycles. The van der Waals surface area contributed by atoms with E-state index < -0.39 is 0 Å². The molecule has 0 atom stereocenters. The summed E-state index contributed by atoms with van der Waals surface area (Å²) < 4.78 is 1.66. The van der Waals surface area contributed by atoms with Gasteiger partial charge in [0, 0.05) is 13.2 Å². The maximum atomic E-state index is 11.7. The van der Waals surface area contributed by atoms with Crippen LogP contribution in [0.3, 0.4) is 0 Å². The summed E-state index contributed by atoms with van der Waals surface area (Å²) in [5.74, 6) is 0.144. The lowest BCUT2D eigenvalue weighted by Gasteiger charge is -1.95. The van der Waals surface area contributed by atoms with Gasteiger partial charge in [-0.25, -0.2) is 0 Å². The minimum Gasteiger partial charge on any atom is -0.289 e. The lowest BCUT2D eigenvalue weighted by atomic mass is 10.1. The number of Topliss-reactive ketones (excluding diaryl/α,β-unsaturated/α-hetero) is 1. The van der Waals surface area contributed by atoms with E-state index in [-0.39, 0.29) is 5.78 Å². The number of carbonyl (C=O) groups is 1. The lowest BCUT2D eigenvalue weighted by Crippen LogP contribution is -1.99. The molecule has 68 valence electrons. The minimum absolute atomic E-state index is 0.144. The van der Waals surface area contributed by atoms with Gasteiger partial charge in [0.15, 0.2) is 5.78 Å². The zero-order valence-corrected chi connectivity index (χ0v) is 7.66. The number of nitrogens with zero attached hydrogens (tertiary/aromatic N) is 2. The summed E-state index contributed by atoms with van der Waals surface area (Å²) in [6, 6.07) is 0. The molecular formula is C10H12N2O. The van der Waals surface area contributed by atoms with E-state index in [0.717, 1.165) is 24.8 Å². The van der Waals surface area contributed by atoms with Gasteiger partial charge in [0.25, 0.3) is 0 Å².